The molecule has 45 heavy (non-hydrogen) atoms. The molecule has 3 aromatic heterocycles. The summed E-state index contributed by atoms with van der Waals surface area (Å²) in [6, 6.07) is 6.11. The highest BCUT2D eigenvalue weighted by molar-refractivity contribution is 5.93. The SMILES string of the molecule is Cc1c(C(=O)OC(C)C)cc2cc(-c3cnn(C)c3)cn2c1C(C)c1cc(O)c2c3c1C[C@@H]1[C@@H]4C=C[C@H](O)[C@H](O2)[C@]34CCN1C. The number of hydrogen-bond acceptors (Lipinski definition) is 7. The number of benzene rings is 1. The summed E-state index contributed by atoms with van der Waals surface area (Å²) in [5.41, 5.74) is 8.10. The third kappa shape index (κ3) is 3.86. The Labute approximate surface area is 262 Å². The van der Waals surface area contributed by atoms with E-state index in [1.807, 2.05) is 58.4 Å². The number of rotatable bonds is 5. The molecule has 6 atom stereocenters. The van der Waals surface area contributed by atoms with Gasteiger partial charge in [-0.25, -0.2) is 4.79 Å². The molecular weight excluding hydrogens is 568 g/mol. The van der Waals surface area contributed by atoms with E-state index in [9.17, 15) is 15.0 Å². The molecular formula is C36H40N4O5. The smallest absolute Gasteiger partial charge is 0.338 e. The number of pyridine rings is 1. The number of hydrogen-bond donors (Lipinski definition) is 2. The van der Waals surface area contributed by atoms with Crippen LogP contribution in [0.3, 0.4) is 0 Å². The second kappa shape index (κ2) is 9.71. The van der Waals surface area contributed by atoms with Crippen LogP contribution >= 0.6 is 0 Å². The zero-order valence-corrected chi connectivity index (χ0v) is 26.6. The minimum absolute atomic E-state index is 0.107. The molecule has 1 saturated heterocycles. The fraction of sp³-hybridized carbons (Fsp3) is 0.444. The number of ether oxygens (including phenoxy) is 2. The van der Waals surface area contributed by atoms with Crippen molar-refractivity contribution in [2.24, 2.45) is 13.0 Å². The third-order valence-corrected chi connectivity index (χ3v) is 11.0. The van der Waals surface area contributed by atoms with Crippen LogP contribution in [0.4, 0.5) is 0 Å². The van der Waals surface area contributed by atoms with E-state index in [1.165, 1.54) is 5.56 Å². The topological polar surface area (TPSA) is 101 Å². The van der Waals surface area contributed by atoms with E-state index >= 15 is 0 Å². The highest BCUT2D eigenvalue weighted by Gasteiger charge is 2.64. The Morgan fingerprint density at radius 1 is 1.13 bits per heavy atom. The standard InChI is InChI=1S/C36H40N4O5/c1-18(2)44-35(43)25-12-23-11-21(22-15-37-39(6)16-22)17-40(23)32(20(25)4)19(3)24-14-30(42)33-31-26(24)13-28-27-7-8-29(41)34(45-33)36(27,31)9-10-38(28)5/h7-8,11-12,14-19,27-29,34,41-42H,9-10,13H2,1-6H3/t19?,27-,28+,29-,34-,36-/m0/s1. The zero-order chi connectivity index (χ0) is 31.5. The largest absolute Gasteiger partial charge is 0.504 e. The number of aliphatic hydroxyl groups excluding tert-OH is 1. The Hall–Kier alpha value is -4.08. The normalized spacial score (nSPS) is 27.1. The van der Waals surface area contributed by atoms with Crippen molar-refractivity contribution in [3.05, 3.63) is 82.5 Å². The molecule has 5 heterocycles. The van der Waals surface area contributed by atoms with Gasteiger partial charge >= 0.3 is 5.97 Å². The molecule has 2 N–H and O–H groups in total. The minimum Gasteiger partial charge on any atom is -0.504 e. The number of fused-ring (bicyclic) bond motifs is 1. The van der Waals surface area contributed by atoms with Crippen LogP contribution in [0.1, 0.15) is 71.4 Å². The van der Waals surface area contributed by atoms with Crippen LogP contribution < -0.4 is 4.74 Å². The van der Waals surface area contributed by atoms with Gasteiger partial charge in [-0.1, -0.05) is 19.1 Å². The Kier molecular flexibility index (Phi) is 6.13. The number of carbonyl (C=O) groups is 1. The predicted octanol–water partition coefficient (Wildman–Crippen LogP) is 4.88. The fourth-order valence-electron chi connectivity index (χ4n) is 9.01. The monoisotopic (exact) mass is 608 g/mol. The van der Waals surface area contributed by atoms with Crippen molar-refractivity contribution >= 4 is 11.5 Å². The number of esters is 1. The summed E-state index contributed by atoms with van der Waals surface area (Å²) >= 11 is 0. The number of likely N-dealkylation sites (N-methyl/N-ethyl adjacent to an activating group) is 1. The second-order valence-electron chi connectivity index (χ2n) is 13.8. The first-order chi connectivity index (χ1) is 21.5. The molecule has 9 heteroatoms. The third-order valence-electron chi connectivity index (χ3n) is 11.0. The summed E-state index contributed by atoms with van der Waals surface area (Å²) in [7, 11) is 4.09. The van der Waals surface area contributed by atoms with Gasteiger partial charge in [0.05, 0.1) is 17.9 Å². The second-order valence-corrected chi connectivity index (χ2v) is 13.8. The number of phenols is 1. The van der Waals surface area contributed by atoms with Crippen molar-refractivity contribution in [2.75, 3.05) is 13.6 Å². The molecule has 4 aromatic rings. The number of likely N-dealkylation sites (tertiary alicyclic amines) is 1. The average molecular weight is 609 g/mol. The number of piperidine rings is 1. The van der Waals surface area contributed by atoms with Crippen LogP contribution in [-0.2, 0) is 23.6 Å². The summed E-state index contributed by atoms with van der Waals surface area (Å²) < 4.78 is 16.2. The van der Waals surface area contributed by atoms with Crippen molar-refractivity contribution in [1.82, 2.24) is 19.1 Å². The van der Waals surface area contributed by atoms with Gasteiger partial charge in [0.15, 0.2) is 11.5 Å². The number of aryl methyl sites for hydroxylation is 1. The van der Waals surface area contributed by atoms with Gasteiger partial charge < -0.3 is 29.0 Å². The van der Waals surface area contributed by atoms with Gasteiger partial charge in [0.2, 0.25) is 0 Å². The number of carbonyl (C=O) groups excluding carboxylic acids is 1. The van der Waals surface area contributed by atoms with Crippen LogP contribution in [0.2, 0.25) is 0 Å². The van der Waals surface area contributed by atoms with Gasteiger partial charge in [-0.3, -0.25) is 4.68 Å². The molecule has 2 bridgehead atoms. The first-order valence-corrected chi connectivity index (χ1v) is 16.0. The van der Waals surface area contributed by atoms with E-state index in [0.29, 0.717) is 11.3 Å². The lowest BCUT2D eigenvalue weighted by Crippen LogP contribution is -2.64. The molecule has 4 aliphatic rings. The van der Waals surface area contributed by atoms with E-state index in [1.54, 1.807) is 4.68 Å². The first-order valence-electron chi connectivity index (χ1n) is 16.0. The maximum atomic E-state index is 13.5. The summed E-state index contributed by atoms with van der Waals surface area (Å²) in [4.78, 5) is 15.9. The summed E-state index contributed by atoms with van der Waals surface area (Å²) in [6.45, 7) is 8.77. The first kappa shape index (κ1) is 28.4. The Morgan fingerprint density at radius 2 is 1.93 bits per heavy atom. The van der Waals surface area contributed by atoms with E-state index in [4.69, 9.17) is 9.47 Å². The van der Waals surface area contributed by atoms with Crippen molar-refractivity contribution in [3.63, 3.8) is 0 Å². The average Bonchev–Trinajstić information content (AvgIpc) is 3.71. The molecule has 0 amide bonds. The van der Waals surface area contributed by atoms with Crippen LogP contribution in [0.25, 0.3) is 16.6 Å². The molecule has 2 aliphatic heterocycles. The van der Waals surface area contributed by atoms with Gasteiger partial charge in [0.1, 0.15) is 12.2 Å². The van der Waals surface area contributed by atoms with Crippen LogP contribution in [0.15, 0.2) is 48.9 Å². The molecule has 0 radical (unpaired) electrons. The van der Waals surface area contributed by atoms with Crippen molar-refractivity contribution in [3.8, 4) is 22.6 Å². The minimum atomic E-state index is -0.736. The van der Waals surface area contributed by atoms with Gasteiger partial charge in [0.25, 0.3) is 0 Å². The van der Waals surface area contributed by atoms with E-state index in [2.05, 4.69) is 46.7 Å². The quantitative estimate of drug-likeness (QED) is 0.246. The van der Waals surface area contributed by atoms with Crippen LogP contribution in [0, 0.1) is 12.8 Å². The molecule has 8 rings (SSSR count). The predicted molar refractivity (Wildman–Crippen MR) is 170 cm³/mol. The van der Waals surface area contributed by atoms with Crippen LogP contribution in [0.5, 0.6) is 11.5 Å². The molecule has 1 aromatic carbocycles. The molecule has 1 unspecified atom stereocenters. The molecule has 9 nitrogen and oxygen atoms in total. The highest BCUT2D eigenvalue weighted by atomic mass is 16.5. The fourth-order valence-corrected chi connectivity index (χ4v) is 9.01. The molecule has 1 fully saturated rings. The maximum Gasteiger partial charge on any atom is 0.338 e. The maximum absolute atomic E-state index is 13.5. The van der Waals surface area contributed by atoms with Gasteiger partial charge in [0, 0.05) is 70.6 Å². The molecule has 234 valence electrons. The lowest BCUT2D eigenvalue weighted by Gasteiger charge is -2.56. The summed E-state index contributed by atoms with van der Waals surface area (Å²) in [5, 5.41) is 27.1. The van der Waals surface area contributed by atoms with E-state index < -0.39 is 17.6 Å². The van der Waals surface area contributed by atoms with Crippen molar-refractivity contribution in [2.45, 2.75) is 76.2 Å². The lowest BCUT2D eigenvalue weighted by atomic mass is 9.52. The summed E-state index contributed by atoms with van der Waals surface area (Å²) in [5.74, 6) is 0.283. The van der Waals surface area contributed by atoms with Gasteiger partial charge in [-0.2, -0.15) is 5.10 Å². The molecule has 0 saturated carbocycles. The van der Waals surface area contributed by atoms with Gasteiger partial charge in [-0.15, -0.1) is 0 Å². The van der Waals surface area contributed by atoms with E-state index in [0.717, 1.165) is 58.4 Å². The Morgan fingerprint density at radius 3 is 2.67 bits per heavy atom. The highest BCUT2D eigenvalue weighted by Crippen LogP contribution is 2.63. The number of nitrogens with zero attached hydrogens (tertiary/aromatic N) is 4. The summed E-state index contributed by atoms with van der Waals surface area (Å²) in [6.07, 6.45) is 10.2. The van der Waals surface area contributed by atoms with E-state index in [-0.39, 0.29) is 35.7 Å². The number of aliphatic hydroxyl groups is 1. The lowest BCUT2D eigenvalue weighted by molar-refractivity contribution is -0.0454. The van der Waals surface area contributed by atoms with Crippen molar-refractivity contribution < 1.29 is 24.5 Å². The van der Waals surface area contributed by atoms with Crippen LogP contribution in [-0.4, -0.2) is 73.2 Å². The van der Waals surface area contributed by atoms with Crippen molar-refractivity contribution in [1.29, 1.82) is 0 Å². The molecule has 1 spiro atoms. The Balaban J connectivity index is 1.36. The number of phenolic OH excluding ortho intramolecular Hbond substituents is 1. The Bertz CT molecular complexity index is 1920. The van der Waals surface area contributed by atoms with Gasteiger partial charge in [-0.05, 0) is 82.1 Å². The number of aromatic nitrogens is 3. The number of aromatic hydroxyl groups is 1. The zero-order valence-electron chi connectivity index (χ0n) is 26.6. The molecule has 2 aliphatic carbocycles.